The molecule has 0 aromatic heterocycles. The van der Waals surface area contributed by atoms with E-state index in [1.165, 1.54) is 11.5 Å². The van der Waals surface area contributed by atoms with Crippen LogP contribution < -0.4 is 5.32 Å². The zero-order valence-corrected chi connectivity index (χ0v) is 12.6. The predicted molar refractivity (Wildman–Crippen MR) is 78.5 cm³/mol. The van der Waals surface area contributed by atoms with Crippen molar-refractivity contribution in [2.75, 3.05) is 64.1 Å². The van der Waals surface area contributed by atoms with Gasteiger partial charge in [-0.2, -0.15) is 11.8 Å². The van der Waals surface area contributed by atoms with Crippen molar-refractivity contribution in [2.24, 2.45) is 0 Å². The van der Waals surface area contributed by atoms with Gasteiger partial charge in [0.15, 0.2) is 0 Å². The van der Waals surface area contributed by atoms with Crippen LogP contribution in [0.25, 0.3) is 0 Å². The van der Waals surface area contributed by atoms with E-state index >= 15 is 0 Å². The van der Waals surface area contributed by atoms with Gasteiger partial charge in [-0.1, -0.05) is 0 Å². The molecular weight excluding hydrogens is 248 g/mol. The maximum Gasteiger partial charge on any atom is 0.0593 e. The highest BCUT2D eigenvalue weighted by Gasteiger charge is 2.16. The lowest BCUT2D eigenvalue weighted by atomic mass is 10.3. The first-order valence-corrected chi connectivity index (χ1v) is 8.21. The number of hydrogen-bond donors (Lipinski definition) is 1. The molecule has 108 valence electrons. The van der Waals surface area contributed by atoms with Crippen molar-refractivity contribution in [3.05, 3.63) is 0 Å². The Labute approximate surface area is 116 Å². The number of thioether (sulfide) groups is 1. The van der Waals surface area contributed by atoms with Crippen LogP contribution in [0.3, 0.4) is 0 Å². The Morgan fingerprint density at radius 2 is 1.83 bits per heavy atom. The van der Waals surface area contributed by atoms with E-state index in [1.54, 1.807) is 0 Å². The second kappa shape index (κ2) is 11.1. The van der Waals surface area contributed by atoms with Gasteiger partial charge in [0.1, 0.15) is 0 Å². The average molecular weight is 276 g/mol. The third kappa shape index (κ3) is 7.59. The van der Waals surface area contributed by atoms with Gasteiger partial charge in [-0.15, -0.1) is 0 Å². The molecule has 1 aliphatic heterocycles. The van der Waals surface area contributed by atoms with Crippen LogP contribution in [-0.2, 0) is 9.47 Å². The molecule has 1 fully saturated rings. The van der Waals surface area contributed by atoms with Crippen molar-refractivity contribution in [1.29, 1.82) is 0 Å². The molecule has 4 nitrogen and oxygen atoms in total. The Morgan fingerprint density at radius 1 is 1.17 bits per heavy atom. The highest BCUT2D eigenvalue weighted by molar-refractivity contribution is 7.99. The minimum Gasteiger partial charge on any atom is -0.380 e. The molecule has 5 heteroatoms. The smallest absolute Gasteiger partial charge is 0.0593 e. The van der Waals surface area contributed by atoms with E-state index in [-0.39, 0.29) is 0 Å². The summed E-state index contributed by atoms with van der Waals surface area (Å²) in [6.07, 6.45) is 0. The van der Waals surface area contributed by atoms with Crippen LogP contribution in [0.1, 0.15) is 13.8 Å². The van der Waals surface area contributed by atoms with E-state index in [9.17, 15) is 0 Å². The van der Waals surface area contributed by atoms with E-state index in [4.69, 9.17) is 9.47 Å². The van der Waals surface area contributed by atoms with E-state index < -0.39 is 0 Å². The summed E-state index contributed by atoms with van der Waals surface area (Å²) in [5.41, 5.74) is 0. The van der Waals surface area contributed by atoms with Gasteiger partial charge in [0.2, 0.25) is 0 Å². The highest BCUT2D eigenvalue weighted by Crippen LogP contribution is 2.08. The molecule has 0 aromatic rings. The molecule has 0 aromatic carbocycles. The highest BCUT2D eigenvalue weighted by atomic mass is 32.2. The molecule has 0 amide bonds. The van der Waals surface area contributed by atoms with Gasteiger partial charge >= 0.3 is 0 Å². The maximum atomic E-state index is 5.45. The monoisotopic (exact) mass is 276 g/mol. The van der Waals surface area contributed by atoms with Crippen molar-refractivity contribution in [1.82, 2.24) is 10.2 Å². The molecule has 0 bridgehead atoms. The second-order valence-electron chi connectivity index (χ2n) is 4.42. The molecule has 0 radical (unpaired) electrons. The number of nitrogens with zero attached hydrogens (tertiary/aromatic N) is 1. The maximum absolute atomic E-state index is 5.45. The quantitative estimate of drug-likeness (QED) is 0.604. The third-order valence-electron chi connectivity index (χ3n) is 2.99. The molecule has 1 aliphatic rings. The average Bonchev–Trinajstić information content (AvgIpc) is 2.40. The van der Waals surface area contributed by atoms with Gasteiger partial charge in [-0.25, -0.2) is 0 Å². The van der Waals surface area contributed by atoms with Crippen molar-refractivity contribution in [2.45, 2.75) is 19.9 Å². The molecule has 0 aliphatic carbocycles. The van der Waals surface area contributed by atoms with Crippen molar-refractivity contribution in [3.8, 4) is 0 Å². The van der Waals surface area contributed by atoms with Crippen molar-refractivity contribution in [3.63, 3.8) is 0 Å². The van der Waals surface area contributed by atoms with Crippen molar-refractivity contribution < 1.29 is 9.47 Å². The predicted octanol–water partition coefficient (Wildman–Crippen LogP) is 1.07. The Bertz CT molecular complexity index is 180. The van der Waals surface area contributed by atoms with Crippen LogP contribution in [0.2, 0.25) is 0 Å². The summed E-state index contributed by atoms with van der Waals surface area (Å²) >= 11 is 2.05. The van der Waals surface area contributed by atoms with E-state index in [0.717, 1.165) is 52.6 Å². The fourth-order valence-electron chi connectivity index (χ4n) is 2.02. The molecule has 18 heavy (non-hydrogen) atoms. The van der Waals surface area contributed by atoms with E-state index in [1.807, 2.05) is 13.8 Å². The number of hydrogen-bond acceptors (Lipinski definition) is 5. The molecular formula is C13H28N2O2S. The molecule has 1 rings (SSSR count). The number of rotatable bonds is 10. The Kier molecular flexibility index (Phi) is 9.98. The molecule has 1 saturated heterocycles. The SMILES string of the molecule is CCOCCN(CCOCC)CC1CSCCN1. The zero-order valence-electron chi connectivity index (χ0n) is 11.8. The molecule has 1 heterocycles. The van der Waals surface area contributed by atoms with Crippen LogP contribution >= 0.6 is 11.8 Å². The molecule has 1 unspecified atom stereocenters. The Balaban J connectivity index is 2.22. The topological polar surface area (TPSA) is 33.7 Å². The molecule has 0 spiro atoms. The van der Waals surface area contributed by atoms with E-state index in [0.29, 0.717) is 6.04 Å². The Morgan fingerprint density at radius 3 is 2.33 bits per heavy atom. The first kappa shape index (κ1) is 16.2. The minimum atomic E-state index is 0.618. The Hall–Kier alpha value is 0.190. The third-order valence-corrected chi connectivity index (χ3v) is 4.12. The van der Waals surface area contributed by atoms with Crippen LogP contribution in [-0.4, -0.2) is 75.1 Å². The molecule has 0 saturated carbocycles. The van der Waals surface area contributed by atoms with Crippen molar-refractivity contribution >= 4 is 11.8 Å². The fourth-order valence-corrected chi connectivity index (χ4v) is 2.96. The summed E-state index contributed by atoms with van der Waals surface area (Å²) in [5.74, 6) is 2.47. The van der Waals surface area contributed by atoms with Crippen LogP contribution in [0.5, 0.6) is 0 Å². The normalized spacial score (nSPS) is 20.5. The van der Waals surface area contributed by atoms with Gasteiger partial charge in [-0.05, 0) is 13.8 Å². The summed E-state index contributed by atoms with van der Waals surface area (Å²) in [4.78, 5) is 2.45. The fraction of sp³-hybridized carbons (Fsp3) is 1.00. The van der Waals surface area contributed by atoms with Gasteiger partial charge < -0.3 is 14.8 Å². The summed E-state index contributed by atoms with van der Waals surface area (Å²) in [5, 5.41) is 3.59. The van der Waals surface area contributed by atoms with Gasteiger partial charge in [-0.3, -0.25) is 4.90 Å². The first-order chi connectivity index (χ1) is 8.86. The van der Waals surface area contributed by atoms with Crippen LogP contribution in [0, 0.1) is 0 Å². The lowest BCUT2D eigenvalue weighted by molar-refractivity contribution is 0.0795. The second-order valence-corrected chi connectivity index (χ2v) is 5.57. The summed E-state index contributed by atoms with van der Waals surface area (Å²) in [6.45, 7) is 11.6. The lowest BCUT2D eigenvalue weighted by Gasteiger charge is -2.30. The molecule has 1 N–H and O–H groups in total. The first-order valence-electron chi connectivity index (χ1n) is 7.05. The van der Waals surface area contributed by atoms with E-state index in [2.05, 4.69) is 22.0 Å². The van der Waals surface area contributed by atoms with Crippen LogP contribution in [0.4, 0.5) is 0 Å². The number of nitrogens with one attached hydrogen (secondary N) is 1. The summed E-state index contributed by atoms with van der Waals surface area (Å²) < 4.78 is 10.9. The molecule has 1 atom stereocenters. The zero-order chi connectivity index (χ0) is 13.1. The largest absolute Gasteiger partial charge is 0.380 e. The summed E-state index contributed by atoms with van der Waals surface area (Å²) in [6, 6.07) is 0.618. The van der Waals surface area contributed by atoms with Gasteiger partial charge in [0.05, 0.1) is 13.2 Å². The minimum absolute atomic E-state index is 0.618. The van der Waals surface area contributed by atoms with Gasteiger partial charge in [0.25, 0.3) is 0 Å². The lowest BCUT2D eigenvalue weighted by Crippen LogP contribution is -2.47. The summed E-state index contributed by atoms with van der Waals surface area (Å²) in [7, 11) is 0. The standard InChI is InChI=1S/C13H28N2O2S/c1-3-16-8-6-15(7-9-17-4-2)11-13-12-18-10-5-14-13/h13-14H,3-12H2,1-2H3. The van der Waals surface area contributed by atoms with Gasteiger partial charge in [0, 0.05) is 56.9 Å². The van der Waals surface area contributed by atoms with Crippen LogP contribution in [0.15, 0.2) is 0 Å². The number of ether oxygens (including phenoxy) is 2.